The van der Waals surface area contributed by atoms with Crippen LogP contribution in [0, 0.1) is 23.7 Å². The van der Waals surface area contributed by atoms with E-state index in [0.29, 0.717) is 12.8 Å². The van der Waals surface area contributed by atoms with Gasteiger partial charge < -0.3 is 75.1 Å². The highest BCUT2D eigenvalue weighted by Gasteiger charge is 2.37. The highest BCUT2D eigenvalue weighted by molar-refractivity contribution is 7.80. The summed E-state index contributed by atoms with van der Waals surface area (Å²) in [4.78, 5) is 156. The number of carbonyl (C=O) groups is 12. The van der Waals surface area contributed by atoms with Gasteiger partial charge in [0.1, 0.15) is 48.3 Å². The number of hydrogen-bond donors (Lipinski definition) is 15. The van der Waals surface area contributed by atoms with Crippen LogP contribution in [-0.4, -0.2) is 153 Å². The predicted octanol–water partition coefficient (Wildman–Crippen LogP) is -2.66. The van der Waals surface area contributed by atoms with Gasteiger partial charge in [-0.25, -0.2) is 4.79 Å². The summed E-state index contributed by atoms with van der Waals surface area (Å²) < 4.78 is 0. The number of aliphatic carboxylic acids is 3. The van der Waals surface area contributed by atoms with E-state index >= 15 is 0 Å². The zero-order chi connectivity index (χ0) is 55.6. The van der Waals surface area contributed by atoms with Gasteiger partial charge in [-0.3, -0.25) is 52.7 Å². The zero-order valence-corrected chi connectivity index (χ0v) is 43.3. The molecule has 0 aromatic heterocycles. The topological polar surface area (TPSA) is 440 Å². The Morgan fingerprint density at radius 2 is 0.931 bits per heavy atom. The number of nitrogens with two attached hydrogens (primary N) is 3. The third kappa shape index (κ3) is 24.8. The zero-order valence-electron chi connectivity index (χ0n) is 42.4. The molecule has 17 N–H and O–H groups in total. The van der Waals surface area contributed by atoms with Crippen LogP contribution in [0.2, 0.25) is 0 Å². The maximum absolute atomic E-state index is 13.9. The number of amides is 9. The second-order valence-corrected chi connectivity index (χ2v) is 19.1. The van der Waals surface area contributed by atoms with Gasteiger partial charge >= 0.3 is 17.9 Å². The first-order valence-electron chi connectivity index (χ1n) is 23.9. The number of thiol groups is 1. The van der Waals surface area contributed by atoms with Crippen LogP contribution in [0.25, 0.3) is 0 Å². The Morgan fingerprint density at radius 3 is 1.36 bits per heavy atom. The number of primary amides is 1. The normalized spacial score (nSPS) is 15.4. The molecule has 0 aliphatic heterocycles. The molecule has 27 heteroatoms. The van der Waals surface area contributed by atoms with Crippen LogP contribution in [0.5, 0.6) is 0 Å². The summed E-state index contributed by atoms with van der Waals surface area (Å²) in [5.41, 5.74) is 17.0. The molecular weight excluding hydrogens is 967 g/mol. The van der Waals surface area contributed by atoms with E-state index in [1.807, 2.05) is 0 Å². The fourth-order valence-corrected chi connectivity index (χ4v) is 7.04. The molecule has 0 aliphatic rings. The van der Waals surface area contributed by atoms with Gasteiger partial charge in [0, 0.05) is 18.6 Å². The maximum Gasteiger partial charge on any atom is 0.326 e. The summed E-state index contributed by atoms with van der Waals surface area (Å²) in [5.74, 6) is -14.9. The molecule has 0 rings (SSSR count). The SMILES string of the molecule is CC[C@H](C)[C@H](NC(=O)[C@@H](NC(=O)[C@H](CCC(=O)O)NC(=O)[C@H](CCC(N)=O)NC(=O)[C@H](CS)NC(=O)[C@H](CCCCN)NC(=O)[C@H](CC(=O)O)NC(=O)[C@H](CC(C)C)NC(=O)[C@@H](N)C(C)C)C(C)C)C(=O)O. The second kappa shape index (κ2) is 33.5. The highest BCUT2D eigenvalue weighted by Crippen LogP contribution is 2.13. The predicted molar refractivity (Wildman–Crippen MR) is 264 cm³/mol. The minimum Gasteiger partial charge on any atom is -0.481 e. The lowest BCUT2D eigenvalue weighted by Crippen LogP contribution is -2.61. The minimum atomic E-state index is -1.77. The Labute approximate surface area is 425 Å². The lowest BCUT2D eigenvalue weighted by atomic mass is 9.97. The summed E-state index contributed by atoms with van der Waals surface area (Å²) in [5, 5.41) is 48.1. The van der Waals surface area contributed by atoms with Crippen LogP contribution < -0.4 is 59.7 Å². The van der Waals surface area contributed by atoms with Gasteiger partial charge in [-0.05, 0) is 68.7 Å². The summed E-state index contributed by atoms with van der Waals surface area (Å²) in [6.45, 7) is 13.5. The molecule has 0 aliphatic carbocycles. The van der Waals surface area contributed by atoms with E-state index in [2.05, 4.69) is 55.2 Å². The van der Waals surface area contributed by atoms with Gasteiger partial charge in [0.15, 0.2) is 0 Å². The fraction of sp³-hybridized carbons (Fsp3) is 0.733. The number of carboxylic acids is 3. The summed E-state index contributed by atoms with van der Waals surface area (Å²) in [6.07, 6.45) is -2.17. The van der Waals surface area contributed by atoms with Crippen LogP contribution >= 0.6 is 12.6 Å². The van der Waals surface area contributed by atoms with Crippen molar-refractivity contribution in [2.75, 3.05) is 12.3 Å². The Bertz CT molecular complexity index is 1890. The molecule has 0 radical (unpaired) electrons. The Morgan fingerprint density at radius 1 is 0.500 bits per heavy atom. The Kier molecular flexibility index (Phi) is 30.7. The first-order valence-corrected chi connectivity index (χ1v) is 24.6. The third-order valence-electron chi connectivity index (χ3n) is 11.4. The standard InChI is InChI=1S/C45H79N11O15S/c1-9-24(8)36(45(70)71)56-44(69)35(23(6)7)55-39(64)27(14-16-32(58)59)50-38(63)26(13-15-31(47)57)51-42(67)30(20-72)54-37(62)25(12-10-11-17-46)49-41(66)29(19-33(60)61)52-40(65)28(18-21(2)3)53-43(68)34(48)22(4)5/h21-30,34-36,72H,9-20,46,48H2,1-8H3,(H2,47,57)(H,49,66)(H,50,63)(H,51,67)(H,52,65)(H,53,68)(H,54,62)(H,55,64)(H,56,69)(H,58,59)(H,60,61)(H,70,71)/t24-,25-,26-,27-,28-,29-,30-,34-,35-,36-/m0/s1. The molecule has 26 nitrogen and oxygen atoms in total. The average Bonchev–Trinajstić information content (AvgIpc) is 3.29. The van der Waals surface area contributed by atoms with Crippen LogP contribution in [0.1, 0.15) is 120 Å². The number of carbonyl (C=O) groups excluding carboxylic acids is 9. The molecule has 0 bridgehead atoms. The molecule has 0 spiro atoms. The van der Waals surface area contributed by atoms with Gasteiger partial charge in [0.05, 0.1) is 12.5 Å². The molecule has 0 saturated heterocycles. The van der Waals surface area contributed by atoms with E-state index in [0.717, 1.165) is 0 Å². The Balaban J connectivity index is 6.65. The summed E-state index contributed by atoms with van der Waals surface area (Å²) in [7, 11) is 0. The van der Waals surface area contributed by atoms with Crippen LogP contribution in [0.4, 0.5) is 0 Å². The first-order chi connectivity index (χ1) is 33.5. The van der Waals surface area contributed by atoms with Gasteiger partial charge in [-0.1, -0.05) is 61.8 Å². The van der Waals surface area contributed by atoms with Crippen molar-refractivity contribution < 1.29 is 72.9 Å². The van der Waals surface area contributed by atoms with E-state index < -0.39 is 175 Å². The summed E-state index contributed by atoms with van der Waals surface area (Å²) >= 11 is 4.17. The van der Waals surface area contributed by atoms with Crippen molar-refractivity contribution in [3.63, 3.8) is 0 Å². The van der Waals surface area contributed by atoms with Crippen LogP contribution in [-0.2, 0) is 57.5 Å². The Hall–Kier alpha value is -6.09. The van der Waals surface area contributed by atoms with Crippen LogP contribution in [0.15, 0.2) is 0 Å². The molecule has 0 aromatic carbocycles. The molecule has 0 fully saturated rings. The molecule has 410 valence electrons. The summed E-state index contributed by atoms with van der Waals surface area (Å²) in [6, 6.07) is -13.1. The fourth-order valence-electron chi connectivity index (χ4n) is 6.78. The van der Waals surface area contributed by atoms with Crippen molar-refractivity contribution in [2.45, 2.75) is 174 Å². The number of nitrogens with one attached hydrogen (secondary N) is 8. The number of hydrogen-bond acceptors (Lipinski definition) is 15. The highest BCUT2D eigenvalue weighted by atomic mass is 32.1. The molecule has 0 aromatic rings. The molecular formula is C45H79N11O15S. The second-order valence-electron chi connectivity index (χ2n) is 18.7. The minimum absolute atomic E-state index is 0.0855. The largest absolute Gasteiger partial charge is 0.481 e. The third-order valence-corrected chi connectivity index (χ3v) is 11.7. The van der Waals surface area contributed by atoms with Crippen molar-refractivity contribution in [3.8, 4) is 0 Å². The van der Waals surface area contributed by atoms with E-state index in [9.17, 15) is 72.9 Å². The van der Waals surface area contributed by atoms with Gasteiger partial charge in [0.25, 0.3) is 0 Å². The van der Waals surface area contributed by atoms with Gasteiger partial charge in [-0.2, -0.15) is 12.6 Å². The van der Waals surface area contributed by atoms with Crippen molar-refractivity contribution >= 4 is 83.7 Å². The van der Waals surface area contributed by atoms with Crippen LogP contribution in [0.3, 0.4) is 0 Å². The lowest BCUT2D eigenvalue weighted by Gasteiger charge is -2.29. The molecule has 9 amide bonds. The molecule has 0 heterocycles. The van der Waals surface area contributed by atoms with Gasteiger partial charge in [0.2, 0.25) is 53.2 Å². The monoisotopic (exact) mass is 1050 g/mol. The number of unbranched alkanes of at least 4 members (excludes halogenated alkanes) is 1. The maximum atomic E-state index is 13.9. The van der Waals surface area contributed by atoms with E-state index in [-0.39, 0.29) is 37.6 Å². The molecule has 72 heavy (non-hydrogen) atoms. The molecule has 10 atom stereocenters. The molecule has 0 unspecified atom stereocenters. The lowest BCUT2D eigenvalue weighted by molar-refractivity contribution is -0.144. The van der Waals surface area contributed by atoms with E-state index in [4.69, 9.17) is 17.2 Å². The molecule has 0 saturated carbocycles. The van der Waals surface area contributed by atoms with E-state index in [1.165, 1.54) is 0 Å². The van der Waals surface area contributed by atoms with Gasteiger partial charge in [-0.15, -0.1) is 0 Å². The van der Waals surface area contributed by atoms with Crippen molar-refractivity contribution in [3.05, 3.63) is 0 Å². The first kappa shape index (κ1) is 65.9. The quantitative estimate of drug-likeness (QED) is 0.0225. The van der Waals surface area contributed by atoms with E-state index in [1.54, 1.807) is 55.4 Å². The number of rotatable bonds is 36. The average molecular weight is 1050 g/mol. The van der Waals surface area contributed by atoms with Crippen molar-refractivity contribution in [1.82, 2.24) is 42.5 Å². The number of carboxylic acid groups (broad SMARTS) is 3. The van der Waals surface area contributed by atoms with Crippen molar-refractivity contribution in [1.29, 1.82) is 0 Å². The smallest absolute Gasteiger partial charge is 0.326 e. The van der Waals surface area contributed by atoms with Crippen molar-refractivity contribution in [2.24, 2.45) is 40.9 Å².